The second-order valence-electron chi connectivity index (χ2n) is 15.7. The maximum atomic E-state index is 4.89. The molecule has 9 rings (SSSR count). The molecule has 0 heterocycles. The average Bonchev–Trinajstić information content (AvgIpc) is 3.83. The minimum Gasteiger partial charge on any atom is -0.310 e. The molecule has 0 radical (unpaired) electrons. The van der Waals surface area contributed by atoms with E-state index in [0.29, 0.717) is 0 Å². The van der Waals surface area contributed by atoms with Crippen molar-refractivity contribution in [2.24, 2.45) is 0 Å². The Kier molecular flexibility index (Phi) is 11.7. The molecule has 0 atom stereocenters. The summed E-state index contributed by atoms with van der Waals surface area (Å²) in [4.78, 5) is 4.91. The Morgan fingerprint density at radius 2 is 1.07 bits per heavy atom. The third-order valence-corrected chi connectivity index (χ3v) is 11.8. The lowest BCUT2D eigenvalue weighted by Gasteiger charge is -2.35. The van der Waals surface area contributed by atoms with Gasteiger partial charge in [-0.05, 0) is 149 Å². The summed E-state index contributed by atoms with van der Waals surface area (Å²) in [6.45, 7) is 17.8. The molecule has 60 heavy (non-hydrogen) atoms. The van der Waals surface area contributed by atoms with Gasteiger partial charge in [-0.15, -0.1) is 0 Å². The molecule has 3 aliphatic rings. The summed E-state index contributed by atoms with van der Waals surface area (Å²) in [5.74, 6) is 0. The van der Waals surface area contributed by atoms with Crippen molar-refractivity contribution in [2.75, 3.05) is 9.80 Å². The number of anilines is 4. The van der Waals surface area contributed by atoms with Crippen LogP contribution in [0.25, 0.3) is 28.9 Å². The zero-order valence-corrected chi connectivity index (χ0v) is 35.8. The van der Waals surface area contributed by atoms with Crippen LogP contribution in [0.15, 0.2) is 199 Å². The lowest BCUT2D eigenvalue weighted by Crippen LogP contribution is -2.24. The smallest absolute Gasteiger partial charge is 0.0549 e. The fourth-order valence-electron chi connectivity index (χ4n) is 8.71. The quantitative estimate of drug-likeness (QED) is 0.152. The lowest BCUT2D eigenvalue weighted by atomic mass is 9.83. The number of hydrogen-bond donors (Lipinski definition) is 0. The highest BCUT2D eigenvalue weighted by Gasteiger charge is 2.27. The highest BCUT2D eigenvalue weighted by molar-refractivity contribution is 5.85. The number of para-hydroxylation sites is 2. The van der Waals surface area contributed by atoms with Crippen molar-refractivity contribution in [3.63, 3.8) is 0 Å². The SMILES string of the molecule is C=C1C=Cc2c(C)cc(C)c3c2CC(=C(N(c2ccccc2)c2cc(C4=CC=CC4)ccc2C)C=C1N(c1ccccc1)c1cc(-c2ccccc2)ccc1C)C=C3.CC. The van der Waals surface area contributed by atoms with Gasteiger partial charge in [-0.1, -0.05) is 160 Å². The molecule has 296 valence electrons. The van der Waals surface area contributed by atoms with Gasteiger partial charge in [-0.2, -0.15) is 0 Å². The second-order valence-corrected chi connectivity index (χ2v) is 15.7. The van der Waals surface area contributed by atoms with Crippen LogP contribution in [0.2, 0.25) is 0 Å². The Labute approximate surface area is 357 Å². The molecule has 6 aromatic rings. The first-order valence-electron chi connectivity index (χ1n) is 21.3. The predicted octanol–water partition coefficient (Wildman–Crippen LogP) is 15.9. The monoisotopic (exact) mass is 778 g/mol. The molecular weight excluding hydrogens is 725 g/mol. The molecule has 0 N–H and O–H groups in total. The topological polar surface area (TPSA) is 6.48 Å². The molecule has 0 amide bonds. The van der Waals surface area contributed by atoms with Crippen molar-refractivity contribution in [3.05, 3.63) is 244 Å². The molecule has 3 aliphatic carbocycles. The van der Waals surface area contributed by atoms with E-state index in [-0.39, 0.29) is 0 Å². The Bertz CT molecular complexity index is 2760. The molecule has 0 aliphatic heterocycles. The number of aryl methyl sites for hydroxylation is 4. The third-order valence-electron chi connectivity index (χ3n) is 11.8. The van der Waals surface area contributed by atoms with Gasteiger partial charge in [0.25, 0.3) is 0 Å². The van der Waals surface area contributed by atoms with Crippen molar-refractivity contribution >= 4 is 40.5 Å². The molecule has 0 spiro atoms. The Morgan fingerprint density at radius 3 is 1.68 bits per heavy atom. The molecule has 2 bridgehead atoms. The van der Waals surface area contributed by atoms with Crippen LogP contribution in [0.5, 0.6) is 0 Å². The van der Waals surface area contributed by atoms with Crippen molar-refractivity contribution in [1.82, 2.24) is 0 Å². The van der Waals surface area contributed by atoms with Gasteiger partial charge in [-0.25, -0.2) is 0 Å². The minimum atomic E-state index is 0.796. The van der Waals surface area contributed by atoms with Crippen molar-refractivity contribution in [3.8, 4) is 11.1 Å². The number of benzene rings is 6. The Morgan fingerprint density at radius 1 is 0.517 bits per heavy atom. The maximum absolute atomic E-state index is 4.89. The molecule has 0 saturated heterocycles. The molecule has 0 aromatic heterocycles. The predicted molar refractivity (Wildman–Crippen MR) is 260 cm³/mol. The van der Waals surface area contributed by atoms with Gasteiger partial charge in [0, 0.05) is 29.2 Å². The Balaban J connectivity index is 0.00000246. The first-order valence-corrected chi connectivity index (χ1v) is 21.3. The van der Waals surface area contributed by atoms with E-state index in [1.54, 1.807) is 0 Å². The summed E-state index contributed by atoms with van der Waals surface area (Å²) in [5.41, 5.74) is 22.5. The van der Waals surface area contributed by atoms with Gasteiger partial charge >= 0.3 is 0 Å². The minimum absolute atomic E-state index is 0.796. The fourth-order valence-corrected chi connectivity index (χ4v) is 8.71. The van der Waals surface area contributed by atoms with Crippen LogP contribution in [-0.4, -0.2) is 0 Å². The molecule has 0 saturated carbocycles. The van der Waals surface area contributed by atoms with Gasteiger partial charge in [0.1, 0.15) is 0 Å². The summed E-state index contributed by atoms with van der Waals surface area (Å²) in [5, 5.41) is 0. The van der Waals surface area contributed by atoms with E-state index >= 15 is 0 Å². The average molecular weight is 779 g/mol. The lowest BCUT2D eigenvalue weighted by molar-refractivity contribution is 1.06. The van der Waals surface area contributed by atoms with Crippen LogP contribution in [0, 0.1) is 27.7 Å². The summed E-state index contributed by atoms with van der Waals surface area (Å²) in [6, 6.07) is 48.4. The van der Waals surface area contributed by atoms with Crippen LogP contribution >= 0.6 is 0 Å². The molecule has 6 aromatic carbocycles. The van der Waals surface area contributed by atoms with Crippen LogP contribution < -0.4 is 9.80 Å². The van der Waals surface area contributed by atoms with E-state index in [9.17, 15) is 0 Å². The standard InChI is InChI=1S/C56H48N2.C2H6/c1-38-25-28-45(43-17-9-6-10-18-43)35-53(38)57(48-21-11-7-12-22-48)55-37-56(47-30-32-51-42(5)33-41(4)50(52(51)34-47)31-27-40(55)3)58(49-23-13-8-14-24-49)54-36-46(29-26-39(54)2)44-19-15-16-20-44;1-2/h6-19,21-33,35-37H,3,20,34H2,1-2,4-5H3;1-2H3. The molecular formula is C58H54N2. The van der Waals surface area contributed by atoms with E-state index in [2.05, 4.69) is 220 Å². The first kappa shape index (κ1) is 39.9. The number of rotatable bonds is 8. The molecule has 0 fully saturated rings. The van der Waals surface area contributed by atoms with Gasteiger partial charge in [0.15, 0.2) is 0 Å². The van der Waals surface area contributed by atoms with Crippen LogP contribution in [0.1, 0.15) is 64.8 Å². The fraction of sp³-hybridized carbons (Fsp3) is 0.138. The number of hydrogen-bond acceptors (Lipinski definition) is 2. The van der Waals surface area contributed by atoms with Crippen LogP contribution in [0.3, 0.4) is 0 Å². The van der Waals surface area contributed by atoms with E-state index in [1.807, 2.05) is 13.8 Å². The van der Waals surface area contributed by atoms with E-state index in [0.717, 1.165) is 52.6 Å². The first-order chi connectivity index (χ1) is 29.3. The van der Waals surface area contributed by atoms with E-state index < -0.39 is 0 Å². The normalized spacial score (nSPS) is 14.0. The van der Waals surface area contributed by atoms with Crippen LogP contribution in [0.4, 0.5) is 22.7 Å². The summed E-state index contributed by atoms with van der Waals surface area (Å²) in [7, 11) is 0. The highest BCUT2D eigenvalue weighted by atomic mass is 15.2. The number of fused-ring (bicyclic) bond motifs is 1. The van der Waals surface area contributed by atoms with E-state index in [1.165, 1.54) is 66.8 Å². The molecule has 0 unspecified atom stereocenters. The molecule has 2 heteroatoms. The summed E-state index contributed by atoms with van der Waals surface area (Å²) >= 11 is 0. The zero-order chi connectivity index (χ0) is 41.8. The summed E-state index contributed by atoms with van der Waals surface area (Å²) in [6.07, 6.45) is 20.0. The highest BCUT2D eigenvalue weighted by Crippen LogP contribution is 2.44. The van der Waals surface area contributed by atoms with Gasteiger partial charge < -0.3 is 9.80 Å². The third kappa shape index (κ3) is 7.82. The second kappa shape index (κ2) is 17.5. The van der Waals surface area contributed by atoms with Gasteiger partial charge in [0.2, 0.25) is 0 Å². The number of allylic oxidation sites excluding steroid dienone is 8. The van der Waals surface area contributed by atoms with Gasteiger partial charge in [0.05, 0.1) is 11.4 Å². The summed E-state index contributed by atoms with van der Waals surface area (Å²) < 4.78 is 0. The van der Waals surface area contributed by atoms with Crippen molar-refractivity contribution < 1.29 is 0 Å². The van der Waals surface area contributed by atoms with E-state index in [4.69, 9.17) is 6.58 Å². The number of nitrogens with zero attached hydrogens (tertiary/aromatic N) is 2. The zero-order valence-electron chi connectivity index (χ0n) is 35.8. The molecule has 2 nitrogen and oxygen atoms in total. The van der Waals surface area contributed by atoms with Crippen molar-refractivity contribution in [2.45, 2.75) is 54.4 Å². The Hall–Kier alpha value is -6.90. The largest absolute Gasteiger partial charge is 0.310 e. The van der Waals surface area contributed by atoms with Crippen LogP contribution in [-0.2, 0) is 6.42 Å². The maximum Gasteiger partial charge on any atom is 0.0549 e. The van der Waals surface area contributed by atoms with Gasteiger partial charge in [-0.3, -0.25) is 0 Å². The van der Waals surface area contributed by atoms with Crippen molar-refractivity contribution in [1.29, 1.82) is 0 Å².